The molecule has 27 heavy (non-hydrogen) atoms. The lowest BCUT2D eigenvalue weighted by molar-refractivity contribution is 0.0774. The molecule has 7 heteroatoms. The Kier molecular flexibility index (Phi) is 5.12. The zero-order valence-corrected chi connectivity index (χ0v) is 15.5. The number of nitrogens with zero attached hydrogens (tertiary/aromatic N) is 1. The van der Waals surface area contributed by atoms with Crippen LogP contribution in [0.1, 0.15) is 21.5 Å². The largest absolute Gasteiger partial charge is 0.492 e. The van der Waals surface area contributed by atoms with Gasteiger partial charge in [-0.3, -0.25) is 14.4 Å². The lowest BCUT2D eigenvalue weighted by atomic mass is 10.1. The summed E-state index contributed by atoms with van der Waals surface area (Å²) in [6, 6.07) is 10.7. The van der Waals surface area contributed by atoms with Crippen LogP contribution in [-0.2, 0) is 0 Å². The van der Waals surface area contributed by atoms with Gasteiger partial charge in [-0.25, -0.2) is 0 Å². The van der Waals surface area contributed by atoms with E-state index in [1.54, 1.807) is 30.1 Å². The minimum Gasteiger partial charge on any atom is -0.492 e. The summed E-state index contributed by atoms with van der Waals surface area (Å²) in [6.07, 6.45) is 0. The second-order valence-electron chi connectivity index (χ2n) is 6.57. The van der Waals surface area contributed by atoms with Crippen LogP contribution in [0.5, 0.6) is 5.75 Å². The smallest absolute Gasteiger partial charge is 0.314 e. The molecule has 1 heterocycles. The van der Waals surface area contributed by atoms with Crippen molar-refractivity contribution < 1.29 is 9.53 Å². The van der Waals surface area contributed by atoms with Crippen molar-refractivity contribution in [3.05, 3.63) is 73.8 Å². The van der Waals surface area contributed by atoms with E-state index in [2.05, 4.69) is 16.0 Å². The van der Waals surface area contributed by atoms with Gasteiger partial charge in [-0.2, -0.15) is 0 Å². The molecule has 0 radical (unpaired) electrons. The maximum atomic E-state index is 12.6. The Bertz CT molecular complexity index is 1090. The van der Waals surface area contributed by atoms with Crippen LogP contribution in [0.4, 0.5) is 0 Å². The van der Waals surface area contributed by atoms with E-state index in [0.717, 1.165) is 16.9 Å². The highest BCUT2D eigenvalue weighted by atomic mass is 16.5. The van der Waals surface area contributed by atoms with Crippen molar-refractivity contribution in [1.29, 1.82) is 0 Å². The molecule has 0 spiro atoms. The number of aromatic amines is 2. The van der Waals surface area contributed by atoms with E-state index < -0.39 is 11.1 Å². The average Bonchev–Trinajstić information content (AvgIpc) is 2.61. The molecule has 1 aromatic heterocycles. The van der Waals surface area contributed by atoms with Gasteiger partial charge in [-0.15, -0.1) is 0 Å². The van der Waals surface area contributed by atoms with Gasteiger partial charge in [-0.1, -0.05) is 6.07 Å². The monoisotopic (exact) mass is 367 g/mol. The van der Waals surface area contributed by atoms with Crippen molar-refractivity contribution in [2.75, 3.05) is 20.2 Å². The first-order valence-corrected chi connectivity index (χ1v) is 8.56. The number of likely N-dealkylation sites (N-methyl/N-ethyl adjacent to an activating group) is 1. The van der Waals surface area contributed by atoms with E-state index in [-0.39, 0.29) is 5.91 Å². The average molecular weight is 367 g/mol. The van der Waals surface area contributed by atoms with Crippen LogP contribution in [-0.4, -0.2) is 41.0 Å². The summed E-state index contributed by atoms with van der Waals surface area (Å²) >= 11 is 0. The molecule has 1 amide bonds. The van der Waals surface area contributed by atoms with Gasteiger partial charge in [0.05, 0.1) is 17.6 Å². The van der Waals surface area contributed by atoms with Crippen molar-refractivity contribution in [2.45, 2.75) is 13.8 Å². The summed E-state index contributed by atoms with van der Waals surface area (Å²) in [5, 5.41) is 0. The van der Waals surface area contributed by atoms with E-state index in [0.29, 0.717) is 29.7 Å². The Morgan fingerprint density at radius 2 is 1.59 bits per heavy atom. The quantitative estimate of drug-likeness (QED) is 0.674. The summed E-state index contributed by atoms with van der Waals surface area (Å²) in [7, 11) is 1.69. The van der Waals surface area contributed by atoms with Crippen LogP contribution in [0.3, 0.4) is 0 Å². The first-order valence-electron chi connectivity index (χ1n) is 8.56. The predicted molar refractivity (Wildman–Crippen MR) is 104 cm³/mol. The minimum atomic E-state index is -0.748. The van der Waals surface area contributed by atoms with Crippen LogP contribution in [0, 0.1) is 13.8 Å². The van der Waals surface area contributed by atoms with Gasteiger partial charge >= 0.3 is 11.1 Å². The molecule has 2 N–H and O–H groups in total. The maximum Gasteiger partial charge on any atom is 0.314 e. The van der Waals surface area contributed by atoms with Crippen molar-refractivity contribution in [2.24, 2.45) is 0 Å². The highest BCUT2D eigenvalue weighted by molar-refractivity contribution is 5.97. The number of nitrogens with one attached hydrogen (secondary N) is 2. The number of fused-ring (bicyclic) bond motifs is 1. The number of amides is 1. The molecule has 0 aliphatic rings. The zero-order chi connectivity index (χ0) is 19.6. The van der Waals surface area contributed by atoms with E-state index in [4.69, 9.17) is 4.74 Å². The fourth-order valence-electron chi connectivity index (χ4n) is 2.89. The van der Waals surface area contributed by atoms with Crippen LogP contribution in [0.25, 0.3) is 11.0 Å². The number of hydrogen-bond donors (Lipinski definition) is 2. The predicted octanol–water partition coefficient (Wildman–Crippen LogP) is 1.98. The van der Waals surface area contributed by atoms with Gasteiger partial charge in [-0.05, 0) is 55.3 Å². The van der Waals surface area contributed by atoms with E-state index in [9.17, 15) is 14.4 Å². The van der Waals surface area contributed by atoms with E-state index in [1.165, 1.54) is 0 Å². The van der Waals surface area contributed by atoms with Crippen molar-refractivity contribution >= 4 is 16.9 Å². The molecule has 0 fully saturated rings. The summed E-state index contributed by atoms with van der Waals surface area (Å²) < 4.78 is 5.74. The molecule has 2 aromatic carbocycles. The lowest BCUT2D eigenvalue weighted by Gasteiger charge is -2.18. The molecule has 0 atom stereocenters. The highest BCUT2D eigenvalue weighted by Crippen LogP contribution is 2.16. The number of H-pyrrole nitrogens is 2. The number of carbonyl (C=O) groups excluding carboxylic acids is 1. The number of aryl methyl sites for hydroxylation is 2. The third-order valence-corrected chi connectivity index (χ3v) is 4.21. The summed E-state index contributed by atoms with van der Waals surface area (Å²) in [4.78, 5) is 41.9. The fourth-order valence-corrected chi connectivity index (χ4v) is 2.89. The van der Waals surface area contributed by atoms with E-state index in [1.807, 2.05) is 26.0 Å². The standard InChI is InChI=1S/C20H21N3O4/c1-12-8-13(2)10-15(9-12)27-7-6-23(3)20(26)14-4-5-16-17(11-14)22-19(25)18(24)21-16/h4-5,8-11H,6-7H2,1-3H3,(H,21,24)(H,22,25). The minimum absolute atomic E-state index is 0.201. The van der Waals surface area contributed by atoms with Crippen LogP contribution < -0.4 is 15.9 Å². The zero-order valence-electron chi connectivity index (χ0n) is 15.5. The van der Waals surface area contributed by atoms with Gasteiger partial charge < -0.3 is 19.6 Å². The molecule has 0 unspecified atom stereocenters. The molecule has 0 aliphatic heterocycles. The highest BCUT2D eigenvalue weighted by Gasteiger charge is 2.13. The molecule has 7 nitrogen and oxygen atoms in total. The van der Waals surface area contributed by atoms with Gasteiger partial charge in [0.25, 0.3) is 5.91 Å². The molecular weight excluding hydrogens is 346 g/mol. The Morgan fingerprint density at radius 1 is 0.963 bits per heavy atom. The second-order valence-corrected chi connectivity index (χ2v) is 6.57. The topological polar surface area (TPSA) is 95.3 Å². The third kappa shape index (κ3) is 4.25. The first-order chi connectivity index (χ1) is 12.8. The number of rotatable bonds is 5. The van der Waals surface area contributed by atoms with Crippen LogP contribution in [0.15, 0.2) is 46.0 Å². The first kappa shape index (κ1) is 18.4. The van der Waals surface area contributed by atoms with Gasteiger partial charge in [0.2, 0.25) is 0 Å². The van der Waals surface area contributed by atoms with Gasteiger partial charge in [0.15, 0.2) is 0 Å². The Labute approximate surface area is 155 Å². The summed E-state index contributed by atoms with van der Waals surface area (Å²) in [5.41, 5.74) is 2.07. The van der Waals surface area contributed by atoms with Crippen LogP contribution >= 0.6 is 0 Å². The number of benzene rings is 2. The Morgan fingerprint density at radius 3 is 2.26 bits per heavy atom. The van der Waals surface area contributed by atoms with Crippen molar-refractivity contribution in [3.8, 4) is 5.75 Å². The van der Waals surface area contributed by atoms with Crippen LogP contribution in [0.2, 0.25) is 0 Å². The number of ether oxygens (including phenoxy) is 1. The third-order valence-electron chi connectivity index (χ3n) is 4.21. The number of carbonyl (C=O) groups is 1. The van der Waals surface area contributed by atoms with Crippen molar-refractivity contribution in [3.63, 3.8) is 0 Å². The molecule has 0 aliphatic carbocycles. The fraction of sp³-hybridized carbons (Fsp3) is 0.250. The SMILES string of the molecule is Cc1cc(C)cc(OCCN(C)C(=O)c2ccc3[nH]c(=O)c(=O)[nH]c3c2)c1. The molecule has 3 rings (SSSR count). The van der Waals surface area contributed by atoms with Gasteiger partial charge in [0.1, 0.15) is 12.4 Å². The Balaban J connectivity index is 1.67. The summed E-state index contributed by atoms with van der Waals surface area (Å²) in [5.74, 6) is 0.577. The molecular formula is C20H21N3O4. The number of aromatic nitrogens is 2. The van der Waals surface area contributed by atoms with Crippen molar-refractivity contribution in [1.82, 2.24) is 14.9 Å². The molecule has 140 valence electrons. The van der Waals surface area contributed by atoms with Gasteiger partial charge in [0, 0.05) is 12.6 Å². The maximum absolute atomic E-state index is 12.6. The summed E-state index contributed by atoms with van der Waals surface area (Å²) in [6.45, 7) is 4.79. The number of hydrogen-bond acceptors (Lipinski definition) is 4. The lowest BCUT2D eigenvalue weighted by Crippen LogP contribution is -2.31. The Hall–Kier alpha value is -3.35. The van der Waals surface area contributed by atoms with E-state index >= 15 is 0 Å². The molecule has 0 saturated carbocycles. The molecule has 0 saturated heterocycles. The molecule has 3 aromatic rings. The second kappa shape index (κ2) is 7.49. The molecule has 0 bridgehead atoms. The normalized spacial score (nSPS) is 10.8.